The molecule has 0 aliphatic carbocycles. The molecule has 0 N–H and O–H groups in total. The van der Waals surface area contributed by atoms with Crippen LogP contribution in [0.2, 0.25) is 0 Å². The van der Waals surface area contributed by atoms with E-state index in [-0.39, 0.29) is 31.2 Å². The Hall–Kier alpha value is -1.65. The molecule has 0 aromatic carbocycles. The number of allylic oxidation sites excluding steroid dienone is 1. The Bertz CT molecular complexity index is 280. The molecule has 0 bridgehead atoms. The molecule has 0 aliphatic rings. The zero-order valence-electron chi connectivity index (χ0n) is 9.52. The molecule has 16 heavy (non-hydrogen) atoms. The van der Waals surface area contributed by atoms with E-state index >= 15 is 0 Å². The maximum Gasteiger partial charge on any atom is 0.313 e. The number of hydrogen-bond donors (Lipinski definition) is 0. The molecule has 0 spiro atoms. The Kier molecular flexibility index (Phi) is 7.75. The summed E-state index contributed by atoms with van der Waals surface area (Å²) in [5.41, 5.74) is 0. The molecule has 0 amide bonds. The van der Waals surface area contributed by atoms with Gasteiger partial charge in [-0.2, -0.15) is 0 Å². The van der Waals surface area contributed by atoms with Crippen LogP contribution in [0.5, 0.6) is 0 Å². The number of Topliss-reactive ketones (excluding diaryl/α,β-unsaturated/α-hetero) is 1. The molecule has 0 aliphatic heterocycles. The topological polar surface area (TPSA) is 69.7 Å². The number of ketones is 1. The van der Waals surface area contributed by atoms with E-state index in [1.54, 1.807) is 12.2 Å². The number of carbonyl (C=O) groups excluding carboxylic acids is 3. The van der Waals surface area contributed by atoms with E-state index in [1.807, 2.05) is 0 Å². The van der Waals surface area contributed by atoms with Crippen molar-refractivity contribution in [3.8, 4) is 0 Å². The normalized spacial score (nSPS) is 10.1. The Morgan fingerprint density at radius 1 is 1.19 bits per heavy atom. The lowest BCUT2D eigenvalue weighted by Gasteiger charge is -1.97. The van der Waals surface area contributed by atoms with Gasteiger partial charge in [0.1, 0.15) is 18.8 Å². The highest BCUT2D eigenvalue weighted by molar-refractivity contribution is 5.95. The van der Waals surface area contributed by atoms with E-state index in [0.29, 0.717) is 6.42 Å². The number of hydrogen-bond acceptors (Lipinski definition) is 5. The molecule has 0 atom stereocenters. The maximum absolute atomic E-state index is 11.1. The van der Waals surface area contributed by atoms with Gasteiger partial charge in [0.2, 0.25) is 0 Å². The van der Waals surface area contributed by atoms with Crippen LogP contribution in [-0.4, -0.2) is 31.4 Å². The van der Waals surface area contributed by atoms with E-state index in [0.717, 1.165) is 0 Å². The molecule has 0 saturated carbocycles. The summed E-state index contributed by atoms with van der Waals surface area (Å²) >= 11 is 0. The fourth-order valence-corrected chi connectivity index (χ4v) is 0.917. The molecule has 0 rings (SSSR count). The number of rotatable bonds is 7. The second-order valence-electron chi connectivity index (χ2n) is 3.10. The summed E-state index contributed by atoms with van der Waals surface area (Å²) in [6.07, 6.45) is 4.02. The largest absolute Gasteiger partial charge is 0.469 e. The Labute approximate surface area is 94.4 Å². The summed E-state index contributed by atoms with van der Waals surface area (Å²) in [5, 5.41) is 0. The van der Waals surface area contributed by atoms with Crippen molar-refractivity contribution >= 4 is 17.7 Å². The minimum absolute atomic E-state index is 0.163. The second-order valence-corrected chi connectivity index (χ2v) is 3.10. The van der Waals surface area contributed by atoms with E-state index in [2.05, 4.69) is 9.47 Å². The van der Waals surface area contributed by atoms with Gasteiger partial charge in [-0.15, -0.1) is 0 Å². The van der Waals surface area contributed by atoms with Crippen LogP contribution in [0.3, 0.4) is 0 Å². The van der Waals surface area contributed by atoms with E-state index < -0.39 is 5.97 Å². The molecule has 5 heteroatoms. The van der Waals surface area contributed by atoms with Crippen molar-refractivity contribution in [3.63, 3.8) is 0 Å². The predicted octanol–water partition coefficient (Wildman–Crippen LogP) is 1.02. The molecule has 0 fully saturated rings. The molecule has 0 heterocycles. The first-order chi connectivity index (χ1) is 7.56. The van der Waals surface area contributed by atoms with Gasteiger partial charge in [0, 0.05) is 13.3 Å². The highest BCUT2D eigenvalue weighted by atomic mass is 16.5. The zero-order chi connectivity index (χ0) is 12.4. The predicted molar refractivity (Wildman–Crippen MR) is 56.6 cm³/mol. The lowest BCUT2D eigenvalue weighted by molar-refractivity contribution is -0.143. The van der Waals surface area contributed by atoms with Gasteiger partial charge in [0.15, 0.2) is 0 Å². The molecule has 0 radical (unpaired) electrons. The third kappa shape index (κ3) is 8.93. The number of methoxy groups -OCH3 is 1. The lowest BCUT2D eigenvalue weighted by Crippen LogP contribution is -2.08. The summed E-state index contributed by atoms with van der Waals surface area (Å²) in [6.45, 7) is 1.54. The van der Waals surface area contributed by atoms with Crippen LogP contribution < -0.4 is 0 Å². The van der Waals surface area contributed by atoms with Gasteiger partial charge in [0.25, 0.3) is 0 Å². The summed E-state index contributed by atoms with van der Waals surface area (Å²) in [7, 11) is 1.24. The van der Waals surface area contributed by atoms with Crippen LogP contribution in [0.15, 0.2) is 12.2 Å². The number of esters is 2. The van der Waals surface area contributed by atoms with Gasteiger partial charge in [-0.05, 0) is 6.42 Å². The van der Waals surface area contributed by atoms with Gasteiger partial charge in [0.05, 0.1) is 7.11 Å². The smallest absolute Gasteiger partial charge is 0.313 e. The summed E-state index contributed by atoms with van der Waals surface area (Å²) in [5.74, 6) is -1.02. The van der Waals surface area contributed by atoms with E-state index in [9.17, 15) is 14.4 Å². The molecular weight excluding hydrogens is 212 g/mol. The third-order valence-electron chi connectivity index (χ3n) is 1.71. The quantitative estimate of drug-likeness (QED) is 0.369. The molecule has 0 aromatic rings. The van der Waals surface area contributed by atoms with Gasteiger partial charge >= 0.3 is 11.9 Å². The first-order valence-electron chi connectivity index (χ1n) is 4.93. The molecule has 90 valence electrons. The van der Waals surface area contributed by atoms with Crippen molar-refractivity contribution in [2.45, 2.75) is 26.2 Å². The van der Waals surface area contributed by atoms with E-state index in [4.69, 9.17) is 0 Å². The maximum atomic E-state index is 11.1. The minimum Gasteiger partial charge on any atom is -0.469 e. The van der Waals surface area contributed by atoms with Crippen molar-refractivity contribution in [1.82, 2.24) is 0 Å². The Morgan fingerprint density at radius 2 is 1.88 bits per heavy atom. The van der Waals surface area contributed by atoms with Crippen molar-refractivity contribution < 1.29 is 23.9 Å². The second kappa shape index (κ2) is 8.64. The van der Waals surface area contributed by atoms with Crippen LogP contribution in [0.25, 0.3) is 0 Å². The van der Waals surface area contributed by atoms with Gasteiger partial charge < -0.3 is 9.47 Å². The molecule has 0 aromatic heterocycles. The van der Waals surface area contributed by atoms with Crippen LogP contribution in [0, 0.1) is 0 Å². The minimum atomic E-state index is -0.520. The average Bonchev–Trinajstić information content (AvgIpc) is 2.22. The van der Waals surface area contributed by atoms with Gasteiger partial charge in [-0.25, -0.2) is 0 Å². The third-order valence-corrected chi connectivity index (χ3v) is 1.71. The molecule has 0 unspecified atom stereocenters. The fraction of sp³-hybridized carbons (Fsp3) is 0.545. The molecular formula is C11H16O5. The SMILES string of the molecule is COC(=O)CC(=O)CC/C=C\COC(C)=O. The zero-order valence-corrected chi connectivity index (χ0v) is 9.52. The van der Waals surface area contributed by atoms with Gasteiger partial charge in [-0.3, -0.25) is 14.4 Å². The highest BCUT2D eigenvalue weighted by Crippen LogP contribution is 1.98. The first kappa shape index (κ1) is 14.3. The highest BCUT2D eigenvalue weighted by Gasteiger charge is 2.07. The molecule has 0 saturated heterocycles. The summed E-state index contributed by atoms with van der Waals surface area (Å²) in [6, 6.07) is 0. The number of carbonyl (C=O) groups is 3. The van der Waals surface area contributed by atoms with Crippen LogP contribution in [0.1, 0.15) is 26.2 Å². The van der Waals surface area contributed by atoms with Crippen LogP contribution in [0.4, 0.5) is 0 Å². The van der Waals surface area contributed by atoms with Crippen LogP contribution in [-0.2, 0) is 23.9 Å². The Balaban J connectivity index is 3.54. The molecule has 5 nitrogen and oxygen atoms in total. The first-order valence-corrected chi connectivity index (χ1v) is 4.93. The lowest BCUT2D eigenvalue weighted by atomic mass is 10.1. The fourth-order valence-electron chi connectivity index (χ4n) is 0.917. The average molecular weight is 228 g/mol. The van der Waals surface area contributed by atoms with E-state index in [1.165, 1.54) is 14.0 Å². The van der Waals surface area contributed by atoms with Crippen molar-refractivity contribution in [1.29, 1.82) is 0 Å². The standard InChI is InChI=1S/C11H16O5/c1-9(12)16-7-5-3-4-6-10(13)8-11(14)15-2/h3,5H,4,6-8H2,1-2H3/b5-3-. The summed E-state index contributed by atoms with van der Waals surface area (Å²) in [4.78, 5) is 32.2. The monoisotopic (exact) mass is 228 g/mol. The van der Waals surface area contributed by atoms with Crippen LogP contribution >= 0.6 is 0 Å². The Morgan fingerprint density at radius 3 is 2.44 bits per heavy atom. The van der Waals surface area contributed by atoms with Crippen molar-refractivity contribution in [2.24, 2.45) is 0 Å². The van der Waals surface area contributed by atoms with Crippen molar-refractivity contribution in [3.05, 3.63) is 12.2 Å². The summed E-state index contributed by atoms with van der Waals surface area (Å²) < 4.78 is 9.00. The number of ether oxygens (including phenoxy) is 2. The van der Waals surface area contributed by atoms with Crippen molar-refractivity contribution in [2.75, 3.05) is 13.7 Å². The van der Waals surface area contributed by atoms with Gasteiger partial charge in [-0.1, -0.05) is 12.2 Å².